The van der Waals surface area contributed by atoms with Crippen LogP contribution in [0.2, 0.25) is 0 Å². The van der Waals surface area contributed by atoms with Crippen LogP contribution in [0.25, 0.3) is 88.6 Å². The maximum absolute atomic E-state index is 5.36. The van der Waals surface area contributed by atoms with Crippen molar-refractivity contribution in [3.05, 3.63) is 176 Å². The molecule has 0 N–H and O–H groups in total. The van der Waals surface area contributed by atoms with E-state index in [1.165, 1.54) is 32.5 Å². The van der Waals surface area contributed by atoms with Crippen molar-refractivity contribution in [3.8, 4) is 39.6 Å². The molecule has 9 aromatic rings. The predicted octanol–water partition coefficient (Wildman–Crippen LogP) is 12.0. The Morgan fingerprint density at radius 3 is 1.92 bits per heavy atom. The number of allylic oxidation sites excluding steroid dienone is 4. The van der Waals surface area contributed by atoms with Gasteiger partial charge in [0.2, 0.25) is 0 Å². The number of rotatable bonds is 5. The van der Waals surface area contributed by atoms with E-state index >= 15 is 0 Å². The van der Waals surface area contributed by atoms with Crippen LogP contribution in [0.4, 0.5) is 0 Å². The molecule has 0 saturated carbocycles. The van der Waals surface area contributed by atoms with E-state index in [0.29, 0.717) is 5.82 Å². The largest absolute Gasteiger partial charge is 0.309 e. The number of aromatic nitrogens is 4. The Labute approximate surface area is 295 Å². The molecule has 51 heavy (non-hydrogen) atoms. The maximum Gasteiger partial charge on any atom is 0.160 e. The molecule has 4 nitrogen and oxygen atoms in total. The van der Waals surface area contributed by atoms with Gasteiger partial charge >= 0.3 is 0 Å². The van der Waals surface area contributed by atoms with Gasteiger partial charge in [-0.2, -0.15) is 0 Å². The standard InChI is InChI=1S/C47H32N4/c1-5-15-31(16-6-1)40-30-41(50-47(49-40)33-19-9-3-10-20-33)34-25-26-38-43(29-34)51(35-21-11-4-12-22-35)42-28-27-37-36-23-13-14-24-39(36)48-46(45(37)44(38)42)32-17-7-2-8-18-32/h1,3-7,9-30H,2,8H2. The highest BCUT2D eigenvalue weighted by atomic mass is 15.0. The third-order valence-electron chi connectivity index (χ3n) is 10.0. The minimum atomic E-state index is 0.707. The molecule has 0 radical (unpaired) electrons. The van der Waals surface area contributed by atoms with Crippen molar-refractivity contribution < 1.29 is 0 Å². The lowest BCUT2D eigenvalue weighted by Gasteiger charge is -2.14. The van der Waals surface area contributed by atoms with Gasteiger partial charge in [-0.05, 0) is 60.2 Å². The molecule has 3 heterocycles. The van der Waals surface area contributed by atoms with E-state index in [0.717, 1.165) is 68.9 Å². The average molecular weight is 653 g/mol. The van der Waals surface area contributed by atoms with Crippen molar-refractivity contribution in [2.24, 2.45) is 0 Å². The Bertz CT molecular complexity index is 2770. The SMILES string of the molecule is C1=CC(c2nc3ccccc3c3ccc4c(c5ccc(-c6cc(-c7ccccc7)nc(-c7ccccc7)n6)cc5n4-c4ccccc4)c23)=CCC1. The van der Waals surface area contributed by atoms with Gasteiger partial charge in [0, 0.05) is 43.9 Å². The highest BCUT2D eigenvalue weighted by Gasteiger charge is 2.21. The highest BCUT2D eigenvalue weighted by Crippen LogP contribution is 2.43. The van der Waals surface area contributed by atoms with E-state index < -0.39 is 0 Å². The summed E-state index contributed by atoms with van der Waals surface area (Å²) in [6.07, 6.45) is 8.93. The van der Waals surface area contributed by atoms with Crippen molar-refractivity contribution >= 4 is 49.1 Å². The number of benzene rings is 6. The zero-order valence-corrected chi connectivity index (χ0v) is 27.9. The zero-order chi connectivity index (χ0) is 33.7. The summed E-state index contributed by atoms with van der Waals surface area (Å²) in [6, 6.07) is 53.3. The van der Waals surface area contributed by atoms with Crippen LogP contribution < -0.4 is 0 Å². The Morgan fingerprint density at radius 1 is 0.471 bits per heavy atom. The normalized spacial score (nSPS) is 13.0. The van der Waals surface area contributed by atoms with Crippen LogP contribution >= 0.6 is 0 Å². The molecule has 0 amide bonds. The number of pyridine rings is 1. The van der Waals surface area contributed by atoms with Crippen LogP contribution in [-0.4, -0.2) is 19.5 Å². The summed E-state index contributed by atoms with van der Waals surface area (Å²) < 4.78 is 2.40. The molecule has 0 bridgehead atoms. The molecular formula is C47H32N4. The van der Waals surface area contributed by atoms with Gasteiger partial charge in [0.15, 0.2) is 5.82 Å². The van der Waals surface area contributed by atoms with Crippen LogP contribution in [0.3, 0.4) is 0 Å². The van der Waals surface area contributed by atoms with Crippen molar-refractivity contribution in [1.82, 2.24) is 19.5 Å². The second-order valence-corrected chi connectivity index (χ2v) is 13.1. The summed E-state index contributed by atoms with van der Waals surface area (Å²) in [6.45, 7) is 0. The predicted molar refractivity (Wildman–Crippen MR) is 212 cm³/mol. The van der Waals surface area contributed by atoms with Crippen molar-refractivity contribution in [1.29, 1.82) is 0 Å². The van der Waals surface area contributed by atoms with Crippen molar-refractivity contribution in [3.63, 3.8) is 0 Å². The van der Waals surface area contributed by atoms with Gasteiger partial charge in [-0.3, -0.25) is 0 Å². The van der Waals surface area contributed by atoms with E-state index in [2.05, 4.69) is 150 Å². The topological polar surface area (TPSA) is 43.6 Å². The summed E-state index contributed by atoms with van der Waals surface area (Å²) >= 11 is 0. The second-order valence-electron chi connectivity index (χ2n) is 13.1. The fourth-order valence-corrected chi connectivity index (χ4v) is 7.63. The third kappa shape index (κ3) is 4.95. The minimum absolute atomic E-state index is 0.707. The number of nitrogens with zero attached hydrogens (tertiary/aromatic N) is 4. The number of fused-ring (bicyclic) bond motifs is 7. The Hall–Kier alpha value is -6.65. The molecule has 0 aliphatic heterocycles. The van der Waals surface area contributed by atoms with Crippen LogP contribution in [0.15, 0.2) is 170 Å². The van der Waals surface area contributed by atoms with E-state index in [1.807, 2.05) is 24.3 Å². The van der Waals surface area contributed by atoms with Gasteiger partial charge < -0.3 is 4.57 Å². The lowest BCUT2D eigenvalue weighted by Crippen LogP contribution is -1.97. The Morgan fingerprint density at radius 2 is 1.16 bits per heavy atom. The van der Waals surface area contributed by atoms with Crippen molar-refractivity contribution in [2.45, 2.75) is 12.8 Å². The first kappa shape index (κ1) is 29.3. The fraction of sp³-hybridized carbons (Fsp3) is 0.0426. The molecule has 10 rings (SSSR count). The summed E-state index contributed by atoms with van der Waals surface area (Å²) in [4.78, 5) is 15.6. The van der Waals surface area contributed by atoms with E-state index in [1.54, 1.807) is 0 Å². The monoisotopic (exact) mass is 652 g/mol. The van der Waals surface area contributed by atoms with Gasteiger partial charge in [-0.1, -0.05) is 133 Å². The second kappa shape index (κ2) is 12.0. The molecule has 0 spiro atoms. The average Bonchev–Trinajstić information content (AvgIpc) is 3.55. The first-order chi connectivity index (χ1) is 25.3. The molecule has 1 aliphatic rings. The molecular weight excluding hydrogens is 621 g/mol. The minimum Gasteiger partial charge on any atom is -0.309 e. The molecule has 0 unspecified atom stereocenters. The molecule has 0 saturated heterocycles. The van der Waals surface area contributed by atoms with Crippen LogP contribution in [-0.2, 0) is 0 Å². The first-order valence-corrected chi connectivity index (χ1v) is 17.5. The Kier molecular flexibility index (Phi) is 6.91. The molecule has 240 valence electrons. The zero-order valence-electron chi connectivity index (χ0n) is 27.9. The smallest absolute Gasteiger partial charge is 0.160 e. The van der Waals surface area contributed by atoms with Gasteiger partial charge in [0.25, 0.3) is 0 Å². The summed E-state index contributed by atoms with van der Waals surface area (Å²) in [5, 5.41) is 5.97. The summed E-state index contributed by atoms with van der Waals surface area (Å²) in [5.74, 6) is 0.707. The van der Waals surface area contributed by atoms with Gasteiger partial charge in [0.1, 0.15) is 0 Å². The van der Waals surface area contributed by atoms with Gasteiger partial charge in [-0.15, -0.1) is 0 Å². The Balaban J connectivity index is 1.30. The van der Waals surface area contributed by atoms with Crippen molar-refractivity contribution in [2.75, 3.05) is 0 Å². The van der Waals surface area contributed by atoms with Crippen LogP contribution in [0.5, 0.6) is 0 Å². The number of para-hydroxylation sites is 2. The van der Waals surface area contributed by atoms with Gasteiger partial charge in [-0.25, -0.2) is 15.0 Å². The molecule has 6 aromatic carbocycles. The van der Waals surface area contributed by atoms with Crippen LogP contribution in [0, 0.1) is 0 Å². The van der Waals surface area contributed by atoms with Gasteiger partial charge in [0.05, 0.1) is 33.6 Å². The fourth-order valence-electron chi connectivity index (χ4n) is 7.63. The van der Waals surface area contributed by atoms with Crippen LogP contribution in [0.1, 0.15) is 18.5 Å². The summed E-state index contributed by atoms with van der Waals surface area (Å²) in [7, 11) is 0. The molecule has 4 heteroatoms. The maximum atomic E-state index is 5.36. The first-order valence-electron chi connectivity index (χ1n) is 17.5. The molecule has 1 aliphatic carbocycles. The highest BCUT2D eigenvalue weighted by molar-refractivity contribution is 6.27. The lowest BCUT2D eigenvalue weighted by atomic mass is 9.93. The number of hydrogen-bond acceptors (Lipinski definition) is 3. The van der Waals surface area contributed by atoms with E-state index in [-0.39, 0.29) is 0 Å². The summed E-state index contributed by atoms with van der Waals surface area (Å²) in [5.41, 5.74) is 11.5. The molecule has 0 fully saturated rings. The molecule has 3 aromatic heterocycles. The third-order valence-corrected chi connectivity index (χ3v) is 10.0. The van der Waals surface area contributed by atoms with E-state index in [4.69, 9.17) is 15.0 Å². The van der Waals surface area contributed by atoms with E-state index in [9.17, 15) is 0 Å². The number of hydrogen-bond donors (Lipinski definition) is 0. The lowest BCUT2D eigenvalue weighted by molar-refractivity contribution is 1.04. The molecule has 0 atom stereocenters. The quantitative estimate of drug-likeness (QED) is 0.174.